The minimum absolute atomic E-state index is 0.147. The molecule has 0 radical (unpaired) electrons. The maximum absolute atomic E-state index is 13.0. The zero-order valence-corrected chi connectivity index (χ0v) is 13.5. The van der Waals surface area contributed by atoms with Gasteiger partial charge in [-0.3, -0.25) is 9.69 Å². The van der Waals surface area contributed by atoms with Gasteiger partial charge in [-0.05, 0) is 17.7 Å². The average molecular weight is 364 g/mol. The molecule has 0 aliphatic carbocycles. The molecule has 1 aliphatic heterocycles. The molecule has 0 bridgehead atoms. The molecule has 24 heavy (non-hydrogen) atoms. The number of alkyl halides is 3. The number of aliphatic carboxylic acids is 1. The third kappa shape index (κ3) is 4.42. The van der Waals surface area contributed by atoms with Crippen LogP contribution in [0.4, 0.5) is 13.2 Å². The first kappa shape index (κ1) is 18.6. The number of carboxylic acid groups (broad SMARTS) is 1. The highest BCUT2D eigenvalue weighted by Crippen LogP contribution is 2.38. The third-order valence-electron chi connectivity index (χ3n) is 3.89. The Hall–Kier alpha value is -1.73. The topological polar surface area (TPSA) is 49.8 Å². The Kier molecular flexibility index (Phi) is 5.77. The highest BCUT2D eigenvalue weighted by molar-refractivity contribution is 6.32. The van der Waals surface area contributed by atoms with Crippen molar-refractivity contribution >= 4 is 17.6 Å². The molecule has 1 aromatic carbocycles. The molecule has 0 aromatic heterocycles. The zero-order chi connectivity index (χ0) is 17.9. The summed E-state index contributed by atoms with van der Waals surface area (Å²) < 4.78 is 44.3. The number of hydrogen-bond acceptors (Lipinski definition) is 3. The van der Waals surface area contributed by atoms with E-state index in [9.17, 15) is 18.0 Å². The Labute approximate surface area is 142 Å². The summed E-state index contributed by atoms with van der Waals surface area (Å²) in [5, 5.41) is 9.36. The van der Waals surface area contributed by atoms with Crippen LogP contribution in [0.3, 0.4) is 0 Å². The van der Waals surface area contributed by atoms with Crippen molar-refractivity contribution in [3.8, 4) is 5.75 Å². The summed E-state index contributed by atoms with van der Waals surface area (Å²) in [6.45, 7) is 3.52. The van der Waals surface area contributed by atoms with Gasteiger partial charge in [0.05, 0.1) is 16.9 Å². The quantitative estimate of drug-likeness (QED) is 0.785. The van der Waals surface area contributed by atoms with Crippen molar-refractivity contribution in [2.24, 2.45) is 11.8 Å². The molecule has 2 rings (SSSR count). The molecule has 4 nitrogen and oxygen atoms in total. The highest BCUT2D eigenvalue weighted by Gasteiger charge is 2.52. The molecule has 132 valence electrons. The molecule has 1 saturated heterocycles. The fourth-order valence-electron chi connectivity index (χ4n) is 2.76. The summed E-state index contributed by atoms with van der Waals surface area (Å²) in [5.74, 6) is -4.28. The number of hydrogen-bond donors (Lipinski definition) is 1. The van der Waals surface area contributed by atoms with E-state index in [4.69, 9.17) is 21.4 Å². The van der Waals surface area contributed by atoms with Gasteiger partial charge in [0.1, 0.15) is 12.4 Å². The maximum atomic E-state index is 13.0. The molecule has 0 amide bonds. The van der Waals surface area contributed by atoms with E-state index >= 15 is 0 Å². The number of carboxylic acids is 1. The first-order valence-electron chi connectivity index (χ1n) is 7.26. The fraction of sp³-hybridized carbons (Fsp3) is 0.438. The van der Waals surface area contributed by atoms with Crippen LogP contribution in [-0.2, 0) is 11.3 Å². The number of benzene rings is 1. The second kappa shape index (κ2) is 7.44. The van der Waals surface area contributed by atoms with Crippen LogP contribution in [0.15, 0.2) is 30.9 Å². The molecule has 1 fully saturated rings. The van der Waals surface area contributed by atoms with Crippen molar-refractivity contribution in [1.29, 1.82) is 0 Å². The maximum Gasteiger partial charge on any atom is 0.393 e. The summed E-state index contributed by atoms with van der Waals surface area (Å²) in [5.41, 5.74) is 0.693. The summed E-state index contributed by atoms with van der Waals surface area (Å²) in [7, 11) is 0. The summed E-state index contributed by atoms with van der Waals surface area (Å²) in [6.07, 6.45) is -2.96. The monoisotopic (exact) mass is 363 g/mol. The van der Waals surface area contributed by atoms with Crippen LogP contribution < -0.4 is 4.74 Å². The molecule has 1 aromatic rings. The SMILES string of the molecule is C=CCOc1ccc(CN2C[C@@H](C(F)(F)F)[C@H](C(=O)O)C2)cc1Cl. The van der Waals surface area contributed by atoms with Crippen molar-refractivity contribution in [3.05, 3.63) is 41.4 Å². The van der Waals surface area contributed by atoms with Crippen LogP contribution in [0, 0.1) is 11.8 Å². The van der Waals surface area contributed by atoms with Crippen molar-refractivity contribution in [1.82, 2.24) is 4.90 Å². The van der Waals surface area contributed by atoms with Crippen LogP contribution >= 0.6 is 11.6 Å². The van der Waals surface area contributed by atoms with Crippen LogP contribution in [0.1, 0.15) is 5.56 Å². The Bertz CT molecular complexity index is 621. The van der Waals surface area contributed by atoms with E-state index in [-0.39, 0.29) is 19.6 Å². The van der Waals surface area contributed by atoms with Crippen LogP contribution in [-0.4, -0.2) is 41.8 Å². The van der Waals surface area contributed by atoms with Crippen molar-refractivity contribution in [3.63, 3.8) is 0 Å². The molecule has 2 atom stereocenters. The molecule has 8 heteroatoms. The van der Waals surface area contributed by atoms with Crippen LogP contribution in [0.2, 0.25) is 5.02 Å². The molecule has 1 heterocycles. The van der Waals surface area contributed by atoms with Gasteiger partial charge in [-0.2, -0.15) is 13.2 Å². The molecule has 1 N–H and O–H groups in total. The number of halogens is 4. The lowest BCUT2D eigenvalue weighted by atomic mass is 9.96. The van der Waals surface area contributed by atoms with Gasteiger partial charge >= 0.3 is 12.1 Å². The predicted molar refractivity (Wildman–Crippen MR) is 83.1 cm³/mol. The number of ether oxygens (including phenoxy) is 1. The van der Waals surface area contributed by atoms with E-state index in [1.54, 1.807) is 24.3 Å². The summed E-state index contributed by atoms with van der Waals surface area (Å²) in [4.78, 5) is 12.6. The zero-order valence-electron chi connectivity index (χ0n) is 12.7. The van der Waals surface area contributed by atoms with Crippen molar-refractivity contribution in [2.45, 2.75) is 12.7 Å². The third-order valence-corrected chi connectivity index (χ3v) is 4.19. The standard InChI is InChI=1S/C16H17ClF3NO3/c1-2-5-24-14-4-3-10(6-13(14)17)7-21-8-11(15(22)23)12(9-21)16(18,19)20/h2-4,6,11-12H,1,5,7-9H2,(H,22,23)/t11-,12-/m1/s1. The number of nitrogens with zero attached hydrogens (tertiary/aromatic N) is 1. The van der Waals surface area contributed by atoms with Gasteiger partial charge in [0.25, 0.3) is 0 Å². The van der Waals surface area contributed by atoms with Crippen LogP contribution in [0.5, 0.6) is 5.75 Å². The predicted octanol–water partition coefficient (Wildman–Crippen LogP) is 3.60. The lowest BCUT2D eigenvalue weighted by Crippen LogP contribution is -2.33. The first-order valence-corrected chi connectivity index (χ1v) is 7.64. The highest BCUT2D eigenvalue weighted by atomic mass is 35.5. The molecular formula is C16H17ClF3NO3. The van der Waals surface area contributed by atoms with Gasteiger partial charge in [-0.25, -0.2) is 0 Å². The Morgan fingerprint density at radius 1 is 1.46 bits per heavy atom. The summed E-state index contributed by atoms with van der Waals surface area (Å²) >= 11 is 6.08. The number of likely N-dealkylation sites (tertiary alicyclic amines) is 1. The fourth-order valence-corrected chi connectivity index (χ4v) is 3.02. The van der Waals surface area contributed by atoms with Gasteiger partial charge in [0.2, 0.25) is 0 Å². The van der Waals surface area contributed by atoms with E-state index in [1.807, 2.05) is 0 Å². The Morgan fingerprint density at radius 2 is 2.17 bits per heavy atom. The van der Waals surface area contributed by atoms with Gasteiger partial charge < -0.3 is 9.84 Å². The van der Waals surface area contributed by atoms with E-state index in [1.165, 1.54) is 4.90 Å². The first-order chi connectivity index (χ1) is 11.2. The van der Waals surface area contributed by atoms with Gasteiger partial charge in [-0.1, -0.05) is 30.3 Å². The van der Waals surface area contributed by atoms with Crippen LogP contribution in [0.25, 0.3) is 0 Å². The second-order valence-corrected chi connectivity index (χ2v) is 6.06. The minimum Gasteiger partial charge on any atom is -0.488 e. The smallest absolute Gasteiger partial charge is 0.393 e. The normalized spacial score (nSPS) is 21.7. The molecular weight excluding hydrogens is 347 g/mol. The van der Waals surface area contributed by atoms with Gasteiger partial charge in [0.15, 0.2) is 0 Å². The lowest BCUT2D eigenvalue weighted by Gasteiger charge is -2.18. The second-order valence-electron chi connectivity index (χ2n) is 5.65. The Balaban J connectivity index is 2.07. The van der Waals surface area contributed by atoms with E-state index in [2.05, 4.69) is 6.58 Å². The number of carbonyl (C=O) groups is 1. The van der Waals surface area contributed by atoms with Gasteiger partial charge in [-0.15, -0.1) is 0 Å². The molecule has 0 saturated carbocycles. The van der Waals surface area contributed by atoms with Gasteiger partial charge in [0, 0.05) is 19.6 Å². The van der Waals surface area contributed by atoms with E-state index in [0.29, 0.717) is 22.9 Å². The Morgan fingerprint density at radius 3 is 2.67 bits per heavy atom. The van der Waals surface area contributed by atoms with Crippen molar-refractivity contribution < 1.29 is 27.8 Å². The molecule has 0 unspecified atom stereocenters. The lowest BCUT2D eigenvalue weighted by molar-refractivity contribution is -0.188. The largest absolute Gasteiger partial charge is 0.488 e. The molecule has 0 spiro atoms. The summed E-state index contributed by atoms with van der Waals surface area (Å²) in [6, 6.07) is 4.94. The minimum atomic E-state index is -4.53. The average Bonchev–Trinajstić information content (AvgIpc) is 2.91. The number of rotatable bonds is 6. The van der Waals surface area contributed by atoms with E-state index in [0.717, 1.165) is 0 Å². The van der Waals surface area contributed by atoms with Crippen molar-refractivity contribution in [2.75, 3.05) is 19.7 Å². The van der Waals surface area contributed by atoms with E-state index < -0.39 is 24.0 Å². The molecule has 1 aliphatic rings.